The minimum atomic E-state index is -1.35. The van der Waals surface area contributed by atoms with Crippen molar-refractivity contribution < 1.29 is 4.21 Å². The molecule has 4 heteroatoms. The van der Waals surface area contributed by atoms with Crippen LogP contribution in [0.5, 0.6) is 0 Å². The molecule has 0 aromatic heterocycles. The monoisotopic (exact) mass is 430 g/mol. The van der Waals surface area contributed by atoms with Crippen molar-refractivity contribution in [1.29, 1.82) is 0 Å². The van der Waals surface area contributed by atoms with E-state index in [2.05, 4.69) is 88.6 Å². The summed E-state index contributed by atoms with van der Waals surface area (Å²) in [7, 11) is -3.36. The SMILES string of the molecule is Cc1ccc(C[Si](C)(C)CCS(=O)CC[Si](C)(C)Cc2ccc(C)cc2)cc1. The molecule has 0 radical (unpaired) electrons. The molecule has 0 saturated carbocycles. The summed E-state index contributed by atoms with van der Waals surface area (Å²) >= 11 is 0. The summed E-state index contributed by atoms with van der Waals surface area (Å²) in [6, 6.07) is 22.6. The summed E-state index contributed by atoms with van der Waals surface area (Å²) in [6.45, 7) is 14.1. The van der Waals surface area contributed by atoms with E-state index in [0.29, 0.717) is 0 Å². The van der Waals surface area contributed by atoms with Gasteiger partial charge in [0.25, 0.3) is 0 Å². The first-order valence-corrected chi connectivity index (χ1v) is 18.8. The molecular formula is C24H38OSSi2. The molecule has 154 valence electrons. The maximum absolute atomic E-state index is 12.7. The van der Waals surface area contributed by atoms with Crippen molar-refractivity contribution in [1.82, 2.24) is 0 Å². The molecule has 0 aliphatic heterocycles. The van der Waals surface area contributed by atoms with Crippen LogP contribution in [-0.2, 0) is 22.9 Å². The third kappa shape index (κ3) is 8.58. The van der Waals surface area contributed by atoms with Crippen molar-refractivity contribution in [2.45, 2.75) is 64.2 Å². The summed E-state index contributed by atoms with van der Waals surface area (Å²) < 4.78 is 12.7. The van der Waals surface area contributed by atoms with E-state index in [1.165, 1.54) is 34.3 Å². The van der Waals surface area contributed by atoms with E-state index in [1.807, 2.05) is 0 Å². The van der Waals surface area contributed by atoms with E-state index >= 15 is 0 Å². The highest BCUT2D eigenvalue weighted by molar-refractivity contribution is 7.85. The molecule has 0 saturated heterocycles. The normalized spacial score (nSPS) is 12.5. The van der Waals surface area contributed by atoms with E-state index in [0.717, 1.165) is 23.6 Å². The van der Waals surface area contributed by atoms with Crippen LogP contribution in [-0.4, -0.2) is 31.9 Å². The van der Waals surface area contributed by atoms with Gasteiger partial charge in [0.15, 0.2) is 0 Å². The van der Waals surface area contributed by atoms with Gasteiger partial charge in [-0.05, 0) is 38.0 Å². The van der Waals surface area contributed by atoms with Crippen molar-refractivity contribution in [2.24, 2.45) is 0 Å². The Kier molecular flexibility index (Phi) is 8.47. The molecule has 1 nitrogen and oxygen atoms in total. The Bertz CT molecular complexity index is 699. The molecular weight excluding hydrogens is 393 g/mol. The summed E-state index contributed by atoms with van der Waals surface area (Å²) in [5, 5.41) is 0. The minimum absolute atomic E-state index is 0.667. The van der Waals surface area contributed by atoms with Crippen molar-refractivity contribution >= 4 is 26.9 Å². The number of aryl methyl sites for hydroxylation is 2. The quantitative estimate of drug-likeness (QED) is 0.402. The van der Waals surface area contributed by atoms with Gasteiger partial charge >= 0.3 is 0 Å². The van der Waals surface area contributed by atoms with Gasteiger partial charge in [-0.3, -0.25) is 4.21 Å². The third-order valence-corrected chi connectivity index (χ3v) is 13.6. The highest BCUT2D eigenvalue weighted by Crippen LogP contribution is 2.20. The summed E-state index contributed by atoms with van der Waals surface area (Å²) in [6.07, 6.45) is 0. The highest BCUT2D eigenvalue weighted by Gasteiger charge is 2.24. The van der Waals surface area contributed by atoms with Gasteiger partial charge in [0.2, 0.25) is 0 Å². The van der Waals surface area contributed by atoms with E-state index in [4.69, 9.17) is 0 Å². The fourth-order valence-electron chi connectivity index (χ4n) is 3.58. The van der Waals surface area contributed by atoms with Crippen LogP contribution in [0, 0.1) is 13.8 Å². The maximum Gasteiger partial charge on any atom is 0.0526 e. The predicted molar refractivity (Wildman–Crippen MR) is 132 cm³/mol. The van der Waals surface area contributed by atoms with Crippen LogP contribution in [0.15, 0.2) is 48.5 Å². The summed E-state index contributed by atoms with van der Waals surface area (Å²) in [4.78, 5) is 0. The first-order valence-electron chi connectivity index (χ1n) is 10.5. The lowest BCUT2D eigenvalue weighted by atomic mass is 10.2. The van der Waals surface area contributed by atoms with Crippen molar-refractivity contribution in [3.05, 3.63) is 70.8 Å². The molecule has 28 heavy (non-hydrogen) atoms. The van der Waals surface area contributed by atoms with E-state index in [1.54, 1.807) is 0 Å². The third-order valence-electron chi connectivity index (χ3n) is 5.62. The lowest BCUT2D eigenvalue weighted by Crippen LogP contribution is -2.33. The lowest BCUT2D eigenvalue weighted by Gasteiger charge is -2.24. The van der Waals surface area contributed by atoms with Gasteiger partial charge in [0, 0.05) is 22.3 Å². The molecule has 2 aromatic rings. The second kappa shape index (κ2) is 10.2. The molecule has 0 bridgehead atoms. The summed E-state index contributed by atoms with van der Waals surface area (Å²) in [5.74, 6) is 1.78. The number of hydrogen-bond acceptors (Lipinski definition) is 1. The molecule has 0 N–H and O–H groups in total. The van der Waals surface area contributed by atoms with Crippen LogP contribution >= 0.6 is 0 Å². The molecule has 2 aromatic carbocycles. The molecule has 0 heterocycles. The molecule has 2 rings (SSSR count). The Balaban J connectivity index is 1.77. The van der Waals surface area contributed by atoms with Crippen LogP contribution in [0.3, 0.4) is 0 Å². The van der Waals surface area contributed by atoms with E-state index < -0.39 is 26.9 Å². The molecule has 0 amide bonds. The number of hydrogen-bond donors (Lipinski definition) is 0. The van der Waals surface area contributed by atoms with Crippen molar-refractivity contribution in [3.8, 4) is 0 Å². The first kappa shape index (κ1) is 23.3. The van der Waals surface area contributed by atoms with Crippen LogP contribution in [0.4, 0.5) is 0 Å². The second-order valence-electron chi connectivity index (χ2n) is 10.0. The van der Waals surface area contributed by atoms with Crippen LogP contribution in [0.2, 0.25) is 38.3 Å². The Morgan fingerprint density at radius 2 is 0.964 bits per heavy atom. The molecule has 0 aliphatic rings. The molecule has 0 fully saturated rings. The second-order valence-corrected chi connectivity index (χ2v) is 22.1. The van der Waals surface area contributed by atoms with Gasteiger partial charge in [-0.25, -0.2) is 0 Å². The van der Waals surface area contributed by atoms with Gasteiger partial charge < -0.3 is 0 Å². The zero-order valence-corrected chi connectivity index (χ0v) is 21.5. The fourth-order valence-corrected chi connectivity index (χ4v) is 13.1. The maximum atomic E-state index is 12.7. The smallest absolute Gasteiger partial charge is 0.0526 e. The predicted octanol–water partition coefficient (Wildman–Crippen LogP) is 6.33. The Labute approximate surface area is 177 Å². The van der Waals surface area contributed by atoms with Gasteiger partial charge in [0.1, 0.15) is 0 Å². The number of rotatable bonds is 10. The van der Waals surface area contributed by atoms with Crippen LogP contribution in [0.25, 0.3) is 0 Å². The van der Waals surface area contributed by atoms with Gasteiger partial charge in [-0.15, -0.1) is 0 Å². The number of benzene rings is 2. The van der Waals surface area contributed by atoms with Crippen LogP contribution in [0.1, 0.15) is 22.3 Å². The molecule has 0 spiro atoms. The average molecular weight is 431 g/mol. The molecule has 0 unspecified atom stereocenters. The first-order chi connectivity index (χ1) is 13.0. The highest BCUT2D eigenvalue weighted by atomic mass is 32.2. The largest absolute Gasteiger partial charge is 0.260 e. The molecule has 0 atom stereocenters. The molecule has 0 aliphatic carbocycles. The Hall–Kier alpha value is -0.976. The van der Waals surface area contributed by atoms with Gasteiger partial charge in [-0.2, -0.15) is 0 Å². The van der Waals surface area contributed by atoms with Crippen LogP contribution < -0.4 is 0 Å². The van der Waals surface area contributed by atoms with Gasteiger partial charge in [-0.1, -0.05) is 97.0 Å². The summed E-state index contributed by atoms with van der Waals surface area (Å²) in [5.41, 5.74) is 5.53. The van der Waals surface area contributed by atoms with Crippen molar-refractivity contribution in [3.63, 3.8) is 0 Å². The minimum Gasteiger partial charge on any atom is -0.260 e. The van der Waals surface area contributed by atoms with E-state index in [-0.39, 0.29) is 0 Å². The average Bonchev–Trinajstić information content (AvgIpc) is 2.62. The van der Waals surface area contributed by atoms with E-state index in [9.17, 15) is 4.21 Å². The zero-order chi connectivity index (χ0) is 20.8. The standard InChI is InChI=1S/C24H38OSSi2/c1-21-7-11-23(12-8-21)19-27(3,4)17-15-26(25)16-18-28(5,6)20-24-13-9-22(2)10-14-24/h7-14H,15-20H2,1-6H3. The fraction of sp³-hybridized carbons (Fsp3) is 0.500. The Morgan fingerprint density at radius 3 is 1.29 bits per heavy atom. The van der Waals surface area contributed by atoms with Gasteiger partial charge in [0.05, 0.1) is 16.1 Å². The lowest BCUT2D eigenvalue weighted by molar-refractivity contribution is 0.684. The van der Waals surface area contributed by atoms with Crippen molar-refractivity contribution in [2.75, 3.05) is 11.5 Å². The topological polar surface area (TPSA) is 17.1 Å². The zero-order valence-electron chi connectivity index (χ0n) is 18.7. The Morgan fingerprint density at radius 1 is 0.643 bits per heavy atom.